The first-order chi connectivity index (χ1) is 16.9. The van der Waals surface area contributed by atoms with Crippen molar-refractivity contribution in [1.29, 1.82) is 5.26 Å². The lowest BCUT2D eigenvalue weighted by molar-refractivity contribution is -0.139. The number of benzene rings is 1. The van der Waals surface area contributed by atoms with Crippen molar-refractivity contribution in [3.8, 4) is 17.2 Å². The van der Waals surface area contributed by atoms with Crippen LogP contribution in [0.25, 0.3) is 11.1 Å². The van der Waals surface area contributed by atoms with Gasteiger partial charge in [-0.2, -0.15) is 18.4 Å². The Balaban J connectivity index is 1.67. The third kappa shape index (κ3) is 5.11. The van der Waals surface area contributed by atoms with Crippen molar-refractivity contribution in [2.75, 3.05) is 6.61 Å². The second kappa shape index (κ2) is 9.48. The highest BCUT2D eigenvalue weighted by Gasteiger charge is 2.51. The molecule has 0 saturated heterocycles. The maximum atomic E-state index is 14.1. The highest BCUT2D eigenvalue weighted by Crippen LogP contribution is 2.43. The zero-order valence-corrected chi connectivity index (χ0v) is 20.6. The van der Waals surface area contributed by atoms with Crippen molar-refractivity contribution in [3.05, 3.63) is 47.8 Å². The molecule has 2 aromatic rings. The number of aromatic nitrogens is 1. The second-order valence-electron chi connectivity index (χ2n) is 9.32. The molecule has 36 heavy (non-hydrogen) atoms. The maximum absolute atomic E-state index is 14.1. The number of ether oxygens (including phenoxy) is 1. The van der Waals surface area contributed by atoms with Gasteiger partial charge in [0.05, 0.1) is 33.8 Å². The second-order valence-corrected chi connectivity index (χ2v) is 11.5. The largest absolute Gasteiger partial charge is 0.417 e. The fourth-order valence-electron chi connectivity index (χ4n) is 4.68. The summed E-state index contributed by atoms with van der Waals surface area (Å²) in [5.41, 5.74) is -0.891. The molecule has 2 aliphatic carbocycles. The Morgan fingerprint density at radius 3 is 2.50 bits per heavy atom. The fourth-order valence-corrected chi connectivity index (χ4v) is 6.69. The van der Waals surface area contributed by atoms with E-state index in [-0.39, 0.29) is 25.0 Å². The lowest BCUT2D eigenvalue weighted by Gasteiger charge is -2.20. The summed E-state index contributed by atoms with van der Waals surface area (Å²) in [5, 5.41) is 10.7. The third-order valence-electron chi connectivity index (χ3n) is 6.77. The number of amides is 1. The summed E-state index contributed by atoms with van der Waals surface area (Å²) in [6, 6.07) is 8.39. The molecule has 2 aliphatic rings. The van der Waals surface area contributed by atoms with Crippen LogP contribution in [0.5, 0.6) is 0 Å². The van der Waals surface area contributed by atoms with E-state index < -0.39 is 55.2 Å². The Kier molecular flexibility index (Phi) is 6.88. The number of alkyl halides is 3. The van der Waals surface area contributed by atoms with Crippen molar-refractivity contribution in [1.82, 2.24) is 10.3 Å². The van der Waals surface area contributed by atoms with Gasteiger partial charge in [-0.05, 0) is 74.9 Å². The lowest BCUT2D eigenvalue weighted by Crippen LogP contribution is -2.42. The number of hydrogen-bond donors (Lipinski definition) is 1. The van der Waals surface area contributed by atoms with E-state index in [1.165, 1.54) is 12.3 Å². The summed E-state index contributed by atoms with van der Waals surface area (Å²) in [5.74, 6) is -1.39. The van der Waals surface area contributed by atoms with Crippen LogP contribution in [0.1, 0.15) is 43.9 Å². The summed E-state index contributed by atoms with van der Waals surface area (Å²) >= 11 is 0. The summed E-state index contributed by atoms with van der Waals surface area (Å²) in [6.45, 7) is 3.60. The van der Waals surface area contributed by atoms with Crippen molar-refractivity contribution < 1.29 is 31.1 Å². The molecule has 0 unspecified atom stereocenters. The molecular formula is C25H26F3N3O4S. The van der Waals surface area contributed by atoms with E-state index in [4.69, 9.17) is 4.74 Å². The van der Waals surface area contributed by atoms with Crippen LogP contribution in [0.15, 0.2) is 41.4 Å². The minimum atomic E-state index is -4.92. The predicted octanol–water partition coefficient (Wildman–Crippen LogP) is 4.21. The Bertz CT molecular complexity index is 1320. The first-order valence-electron chi connectivity index (χ1n) is 11.6. The van der Waals surface area contributed by atoms with Crippen molar-refractivity contribution in [2.45, 2.75) is 67.5 Å². The highest BCUT2D eigenvalue weighted by atomic mass is 32.2. The number of nitrogens with one attached hydrogen (secondary N) is 1. The first-order valence-corrected chi connectivity index (χ1v) is 13.2. The van der Waals surface area contributed by atoms with E-state index in [0.29, 0.717) is 24.1 Å². The van der Waals surface area contributed by atoms with Crippen LogP contribution < -0.4 is 5.32 Å². The number of hydrogen-bond acceptors (Lipinski definition) is 6. The molecular weight excluding hydrogens is 495 g/mol. The molecule has 1 aromatic heterocycles. The van der Waals surface area contributed by atoms with Gasteiger partial charge in [-0.1, -0.05) is 6.07 Å². The van der Waals surface area contributed by atoms with Gasteiger partial charge in [0.1, 0.15) is 5.54 Å². The number of pyridine rings is 1. The zero-order chi connectivity index (χ0) is 26.3. The molecule has 2 saturated carbocycles. The smallest absolute Gasteiger partial charge is 0.378 e. The van der Waals surface area contributed by atoms with Crippen LogP contribution >= 0.6 is 0 Å². The van der Waals surface area contributed by atoms with Crippen LogP contribution in [0.4, 0.5) is 13.2 Å². The lowest BCUT2D eigenvalue weighted by atomic mass is 10.0. The van der Waals surface area contributed by atoms with E-state index in [0.717, 1.165) is 12.1 Å². The Morgan fingerprint density at radius 1 is 1.22 bits per heavy atom. The highest BCUT2D eigenvalue weighted by molar-refractivity contribution is 7.92. The van der Waals surface area contributed by atoms with Gasteiger partial charge in [0.2, 0.25) is 5.91 Å². The minimum Gasteiger partial charge on any atom is -0.378 e. The molecule has 0 bridgehead atoms. The molecule has 1 heterocycles. The monoisotopic (exact) mass is 521 g/mol. The number of nitrogens with zero attached hydrogens (tertiary/aromatic N) is 2. The summed E-state index contributed by atoms with van der Waals surface area (Å²) in [6.07, 6.45) is -3.53. The van der Waals surface area contributed by atoms with Crippen LogP contribution in [-0.2, 0) is 25.5 Å². The van der Waals surface area contributed by atoms with Gasteiger partial charge in [-0.15, -0.1) is 0 Å². The number of halogens is 3. The van der Waals surface area contributed by atoms with Crippen LogP contribution in [0.3, 0.4) is 0 Å². The normalized spacial score (nSPS) is 23.2. The molecule has 1 aromatic carbocycles. The molecule has 11 heteroatoms. The average Bonchev–Trinajstić information content (AvgIpc) is 3.46. The minimum absolute atomic E-state index is 0.115. The molecule has 2 fully saturated rings. The van der Waals surface area contributed by atoms with Gasteiger partial charge in [-0.25, -0.2) is 8.42 Å². The summed E-state index contributed by atoms with van der Waals surface area (Å²) in [4.78, 5) is 16.1. The Morgan fingerprint density at radius 2 is 1.92 bits per heavy atom. The van der Waals surface area contributed by atoms with E-state index in [2.05, 4.69) is 10.3 Å². The number of carbonyl (C=O) groups excluding carboxylic acids is 1. The van der Waals surface area contributed by atoms with E-state index in [9.17, 15) is 31.6 Å². The van der Waals surface area contributed by atoms with Gasteiger partial charge in [0, 0.05) is 18.5 Å². The van der Waals surface area contributed by atoms with Crippen LogP contribution in [0.2, 0.25) is 0 Å². The van der Waals surface area contributed by atoms with Crippen LogP contribution in [0, 0.1) is 24.2 Å². The van der Waals surface area contributed by atoms with Crippen molar-refractivity contribution >= 4 is 15.7 Å². The number of sulfone groups is 1. The van der Waals surface area contributed by atoms with Gasteiger partial charge in [0.25, 0.3) is 0 Å². The topological polar surface area (TPSA) is 109 Å². The Hall–Kier alpha value is -2.97. The van der Waals surface area contributed by atoms with Crippen molar-refractivity contribution in [2.24, 2.45) is 5.92 Å². The first kappa shape index (κ1) is 26.1. The molecule has 7 nitrogen and oxygen atoms in total. The SMILES string of the molecule is CCO[C@H]1C[C@@H](S(=O)(=O)c2ccc(-c3ccnc(C)c3)cc2C(F)(F)F)C[C@@H]1C(=O)NC1(C#N)CC1. The molecule has 0 aliphatic heterocycles. The average molecular weight is 522 g/mol. The molecule has 0 radical (unpaired) electrons. The molecule has 192 valence electrons. The Labute approximate surface area is 207 Å². The number of carbonyl (C=O) groups is 1. The van der Waals surface area contributed by atoms with Gasteiger partial charge >= 0.3 is 6.18 Å². The van der Waals surface area contributed by atoms with E-state index >= 15 is 0 Å². The molecule has 3 atom stereocenters. The standard InChI is InChI=1S/C25H26F3N3O4S/c1-3-35-21-13-18(12-19(21)23(32)31-24(14-29)7-8-24)36(33,34)22-5-4-16(11-20(22)25(26,27)28)17-6-9-30-15(2)10-17/h4-6,9-11,18-19,21H,3,7-8,12-13H2,1-2H3,(H,31,32)/t18-,19-,21-/m0/s1. The van der Waals surface area contributed by atoms with Gasteiger partial charge in [-0.3, -0.25) is 9.78 Å². The van der Waals surface area contributed by atoms with Crippen LogP contribution in [-0.4, -0.2) is 42.8 Å². The van der Waals surface area contributed by atoms with Gasteiger partial charge < -0.3 is 10.1 Å². The van der Waals surface area contributed by atoms with Gasteiger partial charge in [0.15, 0.2) is 9.84 Å². The van der Waals surface area contributed by atoms with Crippen molar-refractivity contribution in [3.63, 3.8) is 0 Å². The predicted molar refractivity (Wildman–Crippen MR) is 124 cm³/mol. The number of nitriles is 1. The quantitative estimate of drug-likeness (QED) is 0.585. The summed E-state index contributed by atoms with van der Waals surface area (Å²) in [7, 11) is -4.47. The van der Waals surface area contributed by atoms with E-state index in [1.807, 2.05) is 6.07 Å². The van der Waals surface area contributed by atoms with E-state index in [1.54, 1.807) is 26.0 Å². The molecule has 0 spiro atoms. The third-order valence-corrected chi connectivity index (χ3v) is 9.00. The molecule has 1 amide bonds. The summed E-state index contributed by atoms with van der Waals surface area (Å²) < 4.78 is 74.9. The fraction of sp³-hybridized carbons (Fsp3) is 0.480. The zero-order valence-electron chi connectivity index (χ0n) is 19.8. The molecule has 1 N–H and O–H groups in total. The maximum Gasteiger partial charge on any atom is 0.417 e. The molecule has 4 rings (SSSR count). The number of aryl methyl sites for hydroxylation is 1. The number of rotatable bonds is 7.